The first-order chi connectivity index (χ1) is 11.7. The fourth-order valence-electron chi connectivity index (χ4n) is 2.16. The minimum atomic E-state index is -0.353. The lowest BCUT2D eigenvalue weighted by Crippen LogP contribution is -2.26. The van der Waals surface area contributed by atoms with E-state index in [-0.39, 0.29) is 18.0 Å². The van der Waals surface area contributed by atoms with E-state index in [9.17, 15) is 9.59 Å². The van der Waals surface area contributed by atoms with Crippen LogP contribution in [0.25, 0.3) is 10.1 Å². The lowest BCUT2D eigenvalue weighted by atomic mass is 10.2. The first-order valence-corrected chi connectivity index (χ1v) is 7.99. The van der Waals surface area contributed by atoms with Crippen LogP contribution in [0, 0.1) is 0 Å². The molecule has 3 aromatic rings. The second-order valence-electron chi connectivity index (χ2n) is 5.00. The predicted molar refractivity (Wildman–Crippen MR) is 94.8 cm³/mol. The summed E-state index contributed by atoms with van der Waals surface area (Å²) in [6, 6.07) is 14.5. The van der Waals surface area contributed by atoms with Gasteiger partial charge in [-0.1, -0.05) is 23.7 Å². The Hall–Kier alpha value is -2.93. The van der Waals surface area contributed by atoms with Gasteiger partial charge in [0.15, 0.2) is 0 Å². The zero-order chi connectivity index (χ0) is 16.9. The Balaban J connectivity index is 1.63. The van der Waals surface area contributed by atoms with E-state index in [1.807, 2.05) is 24.3 Å². The second-order valence-corrected chi connectivity index (χ2v) is 6.06. The molecule has 1 amide bonds. The Morgan fingerprint density at radius 3 is 2.71 bits per heavy atom. The molecule has 0 unspecified atom stereocenters. The van der Waals surface area contributed by atoms with Gasteiger partial charge in [0.25, 0.3) is 11.5 Å². The summed E-state index contributed by atoms with van der Waals surface area (Å²) in [4.78, 5) is 24.1. The molecule has 3 rings (SSSR count). The van der Waals surface area contributed by atoms with E-state index in [1.54, 1.807) is 31.4 Å². The Bertz CT molecular complexity index is 942. The number of hydrogen-bond acceptors (Lipinski definition) is 5. The Kier molecular flexibility index (Phi) is 4.72. The molecular formula is C17H15N3O3S. The molecule has 0 fully saturated rings. The highest BCUT2D eigenvalue weighted by atomic mass is 32.1. The second kappa shape index (κ2) is 7.10. The van der Waals surface area contributed by atoms with Gasteiger partial charge < -0.3 is 4.74 Å². The number of nitrogens with zero attached hydrogens (tertiary/aromatic N) is 2. The summed E-state index contributed by atoms with van der Waals surface area (Å²) in [5.41, 5.74) is 3.09. The van der Waals surface area contributed by atoms with Crippen molar-refractivity contribution in [3.63, 3.8) is 0 Å². The van der Waals surface area contributed by atoms with E-state index in [1.165, 1.54) is 21.7 Å². The molecule has 1 aromatic heterocycles. The average molecular weight is 341 g/mol. The van der Waals surface area contributed by atoms with E-state index >= 15 is 0 Å². The monoisotopic (exact) mass is 341 g/mol. The van der Waals surface area contributed by atoms with Crippen molar-refractivity contribution in [3.8, 4) is 5.75 Å². The van der Waals surface area contributed by atoms with Crippen LogP contribution in [0.15, 0.2) is 58.4 Å². The van der Waals surface area contributed by atoms with Crippen LogP contribution < -0.4 is 15.7 Å². The molecule has 0 spiro atoms. The summed E-state index contributed by atoms with van der Waals surface area (Å²) < 4.78 is 7.35. The van der Waals surface area contributed by atoms with Gasteiger partial charge in [0, 0.05) is 0 Å². The van der Waals surface area contributed by atoms with E-state index in [0.717, 1.165) is 16.0 Å². The van der Waals surface area contributed by atoms with Crippen molar-refractivity contribution in [2.45, 2.75) is 6.54 Å². The van der Waals surface area contributed by atoms with Crippen LogP contribution in [0.5, 0.6) is 5.75 Å². The van der Waals surface area contributed by atoms with Crippen molar-refractivity contribution in [1.82, 2.24) is 9.38 Å². The van der Waals surface area contributed by atoms with Gasteiger partial charge >= 0.3 is 0 Å². The number of benzene rings is 2. The number of aromatic nitrogens is 1. The number of rotatable bonds is 5. The first-order valence-electron chi connectivity index (χ1n) is 7.22. The van der Waals surface area contributed by atoms with Gasteiger partial charge in [-0.3, -0.25) is 13.5 Å². The molecule has 0 radical (unpaired) electrons. The lowest BCUT2D eigenvalue weighted by molar-refractivity contribution is -0.121. The van der Waals surface area contributed by atoms with Crippen molar-refractivity contribution in [3.05, 3.63) is 64.4 Å². The number of carbonyl (C=O) groups excluding carboxylic acids is 1. The molecule has 7 heteroatoms. The first kappa shape index (κ1) is 15.9. The van der Waals surface area contributed by atoms with Gasteiger partial charge in [-0.25, -0.2) is 5.43 Å². The molecule has 0 saturated heterocycles. The van der Waals surface area contributed by atoms with E-state index < -0.39 is 0 Å². The number of hydrogen-bond donors (Lipinski definition) is 1. The third-order valence-electron chi connectivity index (χ3n) is 3.36. The van der Waals surface area contributed by atoms with Crippen molar-refractivity contribution >= 4 is 33.7 Å². The minimum absolute atomic E-state index is 0.0574. The molecule has 24 heavy (non-hydrogen) atoms. The summed E-state index contributed by atoms with van der Waals surface area (Å²) in [7, 11) is 1.60. The third kappa shape index (κ3) is 3.52. The van der Waals surface area contributed by atoms with E-state index in [4.69, 9.17) is 4.74 Å². The Morgan fingerprint density at radius 1 is 1.25 bits per heavy atom. The number of ether oxygens (including phenoxy) is 1. The molecule has 6 nitrogen and oxygen atoms in total. The number of nitrogens with one attached hydrogen (secondary N) is 1. The summed E-state index contributed by atoms with van der Waals surface area (Å²) in [6.45, 7) is -0.0574. The molecule has 2 aromatic carbocycles. The molecule has 0 aliphatic carbocycles. The molecule has 1 N–H and O–H groups in total. The van der Waals surface area contributed by atoms with Gasteiger partial charge in [-0.15, -0.1) is 0 Å². The average Bonchev–Trinajstić information content (AvgIpc) is 2.92. The minimum Gasteiger partial charge on any atom is -0.497 e. The van der Waals surface area contributed by atoms with Crippen molar-refractivity contribution in [2.24, 2.45) is 5.10 Å². The van der Waals surface area contributed by atoms with Gasteiger partial charge in [0.2, 0.25) is 0 Å². The Morgan fingerprint density at radius 2 is 2.00 bits per heavy atom. The van der Waals surface area contributed by atoms with E-state index in [2.05, 4.69) is 10.5 Å². The highest BCUT2D eigenvalue weighted by molar-refractivity contribution is 7.13. The lowest BCUT2D eigenvalue weighted by Gasteiger charge is -2.00. The molecule has 0 bridgehead atoms. The van der Waals surface area contributed by atoms with Gasteiger partial charge in [-0.05, 0) is 42.0 Å². The van der Waals surface area contributed by atoms with Crippen molar-refractivity contribution < 1.29 is 9.53 Å². The van der Waals surface area contributed by atoms with E-state index in [0.29, 0.717) is 5.39 Å². The SMILES string of the molecule is COc1ccc(/C=N/NC(=O)Cn2sc3ccccc3c2=O)cc1. The highest BCUT2D eigenvalue weighted by Gasteiger charge is 2.09. The smallest absolute Gasteiger partial charge is 0.269 e. The number of fused-ring (bicyclic) bond motifs is 1. The maximum Gasteiger partial charge on any atom is 0.269 e. The number of carbonyl (C=O) groups is 1. The molecule has 0 aliphatic rings. The van der Waals surface area contributed by atoms with Crippen molar-refractivity contribution in [1.29, 1.82) is 0 Å². The normalized spacial score (nSPS) is 11.0. The zero-order valence-electron chi connectivity index (χ0n) is 12.9. The molecule has 0 atom stereocenters. The molecular weight excluding hydrogens is 326 g/mol. The summed E-state index contributed by atoms with van der Waals surface area (Å²) in [6.07, 6.45) is 1.53. The van der Waals surface area contributed by atoms with Crippen LogP contribution in [0.2, 0.25) is 0 Å². The van der Waals surface area contributed by atoms with Crippen LogP contribution in [0.4, 0.5) is 0 Å². The molecule has 0 aliphatic heterocycles. The van der Waals surface area contributed by atoms with Gasteiger partial charge in [-0.2, -0.15) is 5.10 Å². The zero-order valence-corrected chi connectivity index (χ0v) is 13.7. The van der Waals surface area contributed by atoms with Crippen molar-refractivity contribution in [2.75, 3.05) is 7.11 Å². The standard InChI is InChI=1S/C17H15N3O3S/c1-23-13-8-6-12(7-9-13)10-18-19-16(21)11-20-17(22)14-4-2-3-5-15(14)24-20/h2-10H,11H2,1H3,(H,19,21)/b18-10+. The van der Waals surface area contributed by atoms with Gasteiger partial charge in [0.1, 0.15) is 12.3 Å². The number of methoxy groups -OCH3 is 1. The predicted octanol–water partition coefficient (Wildman–Crippen LogP) is 2.22. The summed E-state index contributed by atoms with van der Waals surface area (Å²) >= 11 is 1.26. The third-order valence-corrected chi connectivity index (χ3v) is 4.43. The highest BCUT2D eigenvalue weighted by Crippen LogP contribution is 2.15. The van der Waals surface area contributed by atoms with Gasteiger partial charge in [0.05, 0.1) is 23.4 Å². The maximum atomic E-state index is 12.2. The fourth-order valence-corrected chi connectivity index (χ4v) is 3.15. The fraction of sp³-hybridized carbons (Fsp3) is 0.118. The summed E-state index contributed by atoms with van der Waals surface area (Å²) in [5, 5.41) is 4.52. The number of amides is 1. The van der Waals surface area contributed by atoms with Crippen LogP contribution in [0.3, 0.4) is 0 Å². The summed E-state index contributed by atoms with van der Waals surface area (Å²) in [5.74, 6) is 0.397. The molecule has 122 valence electrons. The molecule has 0 saturated carbocycles. The van der Waals surface area contributed by atoms with Crippen LogP contribution in [-0.4, -0.2) is 23.2 Å². The Labute approximate surface area is 142 Å². The quantitative estimate of drug-likeness (QED) is 0.571. The topological polar surface area (TPSA) is 72.7 Å². The van der Waals surface area contributed by atoms with Crippen LogP contribution in [0.1, 0.15) is 5.56 Å². The maximum absolute atomic E-state index is 12.2. The van der Waals surface area contributed by atoms with Crippen LogP contribution >= 0.6 is 11.5 Å². The number of hydrazone groups is 1. The largest absolute Gasteiger partial charge is 0.497 e. The van der Waals surface area contributed by atoms with Crippen LogP contribution in [-0.2, 0) is 11.3 Å². The molecule has 1 heterocycles.